The molecule has 0 atom stereocenters. The van der Waals surface area contributed by atoms with Crippen molar-refractivity contribution in [2.75, 3.05) is 6.61 Å². The number of amides is 1. The Balaban J connectivity index is 1.53. The zero-order chi connectivity index (χ0) is 16.8. The maximum absolute atomic E-state index is 11.7. The Bertz CT molecular complexity index is 890. The summed E-state index contributed by atoms with van der Waals surface area (Å²) in [7, 11) is 0. The molecule has 2 N–H and O–H groups in total. The van der Waals surface area contributed by atoms with E-state index in [1.165, 1.54) is 6.21 Å². The highest BCUT2D eigenvalue weighted by atomic mass is 16.5. The smallest absolute Gasteiger partial charge is 0.277 e. The van der Waals surface area contributed by atoms with Crippen LogP contribution < -0.4 is 10.2 Å². The van der Waals surface area contributed by atoms with Gasteiger partial charge in [0.1, 0.15) is 11.5 Å². The zero-order valence-corrected chi connectivity index (χ0v) is 12.8. The van der Waals surface area contributed by atoms with Crippen molar-refractivity contribution in [2.45, 2.75) is 0 Å². The fourth-order valence-corrected chi connectivity index (χ4v) is 2.22. The van der Waals surface area contributed by atoms with Gasteiger partial charge >= 0.3 is 0 Å². The number of hydrogen-bond donors (Lipinski definition) is 2. The minimum Gasteiger partial charge on any atom is -0.508 e. The molecule has 0 aliphatic heterocycles. The van der Waals surface area contributed by atoms with Crippen LogP contribution in [0.15, 0.2) is 71.8 Å². The Kier molecular flexibility index (Phi) is 4.72. The van der Waals surface area contributed by atoms with Gasteiger partial charge in [-0.3, -0.25) is 4.79 Å². The largest absolute Gasteiger partial charge is 0.508 e. The molecule has 0 saturated heterocycles. The van der Waals surface area contributed by atoms with Gasteiger partial charge in [0.05, 0.1) is 6.21 Å². The van der Waals surface area contributed by atoms with Crippen molar-refractivity contribution in [2.24, 2.45) is 5.10 Å². The van der Waals surface area contributed by atoms with E-state index < -0.39 is 0 Å². The average Bonchev–Trinajstić information content (AvgIpc) is 2.60. The highest BCUT2D eigenvalue weighted by Crippen LogP contribution is 2.20. The molecule has 3 aromatic carbocycles. The first-order valence-corrected chi connectivity index (χ1v) is 7.43. The summed E-state index contributed by atoms with van der Waals surface area (Å²) in [6, 6.07) is 20.2. The number of benzene rings is 3. The van der Waals surface area contributed by atoms with Crippen LogP contribution in [0.1, 0.15) is 5.56 Å². The zero-order valence-electron chi connectivity index (χ0n) is 12.8. The summed E-state index contributed by atoms with van der Waals surface area (Å²) >= 11 is 0. The molecule has 5 nitrogen and oxygen atoms in total. The first-order valence-electron chi connectivity index (χ1n) is 7.43. The number of phenols is 1. The Hall–Kier alpha value is -3.34. The van der Waals surface area contributed by atoms with Gasteiger partial charge in [-0.25, -0.2) is 5.43 Å². The number of carbonyl (C=O) groups excluding carboxylic acids is 1. The van der Waals surface area contributed by atoms with E-state index >= 15 is 0 Å². The fraction of sp³-hybridized carbons (Fsp3) is 0.0526. The molecule has 3 aromatic rings. The molecule has 0 fully saturated rings. The van der Waals surface area contributed by atoms with Crippen molar-refractivity contribution in [3.63, 3.8) is 0 Å². The highest BCUT2D eigenvalue weighted by Gasteiger charge is 2.02. The maximum Gasteiger partial charge on any atom is 0.277 e. The van der Waals surface area contributed by atoms with E-state index in [0.717, 1.165) is 10.8 Å². The highest BCUT2D eigenvalue weighted by molar-refractivity contribution is 5.84. The lowest BCUT2D eigenvalue weighted by molar-refractivity contribution is -0.123. The van der Waals surface area contributed by atoms with E-state index in [-0.39, 0.29) is 18.3 Å². The fourth-order valence-electron chi connectivity index (χ4n) is 2.22. The second-order valence-corrected chi connectivity index (χ2v) is 5.19. The van der Waals surface area contributed by atoms with Crippen molar-refractivity contribution >= 4 is 22.9 Å². The van der Waals surface area contributed by atoms with E-state index in [2.05, 4.69) is 10.5 Å². The molecule has 5 heteroatoms. The molecule has 0 bridgehead atoms. The van der Waals surface area contributed by atoms with Gasteiger partial charge in [0, 0.05) is 0 Å². The summed E-state index contributed by atoms with van der Waals surface area (Å²) in [5, 5.41) is 15.3. The van der Waals surface area contributed by atoms with Crippen molar-refractivity contribution in [1.29, 1.82) is 0 Å². The number of fused-ring (bicyclic) bond motifs is 1. The van der Waals surface area contributed by atoms with E-state index in [9.17, 15) is 9.90 Å². The number of ether oxygens (including phenoxy) is 1. The van der Waals surface area contributed by atoms with E-state index in [1.54, 1.807) is 24.3 Å². The molecule has 0 heterocycles. The minimum atomic E-state index is -0.362. The monoisotopic (exact) mass is 320 g/mol. The van der Waals surface area contributed by atoms with Crippen LogP contribution in [0.4, 0.5) is 0 Å². The Morgan fingerprint density at radius 1 is 1.04 bits per heavy atom. The summed E-state index contributed by atoms with van der Waals surface area (Å²) < 4.78 is 5.47. The third kappa shape index (κ3) is 4.10. The van der Waals surface area contributed by atoms with Gasteiger partial charge in [-0.05, 0) is 40.6 Å². The first-order chi connectivity index (χ1) is 11.7. The molecular formula is C19H16N2O3. The van der Waals surface area contributed by atoms with E-state index in [1.807, 2.05) is 42.5 Å². The van der Waals surface area contributed by atoms with Gasteiger partial charge in [-0.2, -0.15) is 5.10 Å². The van der Waals surface area contributed by atoms with Gasteiger partial charge in [-0.1, -0.05) is 42.5 Å². The molecule has 0 unspecified atom stereocenters. The second kappa shape index (κ2) is 7.28. The molecular weight excluding hydrogens is 304 g/mol. The number of nitrogens with zero attached hydrogens (tertiary/aromatic N) is 1. The second-order valence-electron chi connectivity index (χ2n) is 5.19. The molecule has 0 aliphatic rings. The van der Waals surface area contributed by atoms with Crippen molar-refractivity contribution < 1.29 is 14.6 Å². The van der Waals surface area contributed by atoms with Crippen LogP contribution in [0.5, 0.6) is 11.5 Å². The van der Waals surface area contributed by atoms with Crippen LogP contribution in [0.25, 0.3) is 10.8 Å². The number of rotatable bonds is 5. The van der Waals surface area contributed by atoms with Crippen LogP contribution in [0.3, 0.4) is 0 Å². The van der Waals surface area contributed by atoms with Crippen molar-refractivity contribution in [1.82, 2.24) is 5.43 Å². The van der Waals surface area contributed by atoms with Crippen LogP contribution in [-0.2, 0) is 4.79 Å². The van der Waals surface area contributed by atoms with Crippen LogP contribution in [-0.4, -0.2) is 23.8 Å². The molecule has 0 saturated carbocycles. The molecule has 120 valence electrons. The van der Waals surface area contributed by atoms with Crippen molar-refractivity contribution in [3.8, 4) is 11.5 Å². The van der Waals surface area contributed by atoms with Crippen molar-refractivity contribution in [3.05, 3.63) is 72.3 Å². The molecule has 0 spiro atoms. The normalized spacial score (nSPS) is 10.8. The third-order valence-electron chi connectivity index (χ3n) is 3.36. The van der Waals surface area contributed by atoms with Gasteiger partial charge in [-0.15, -0.1) is 0 Å². The number of phenolic OH excluding ortho intramolecular Hbond substituents is 1. The number of nitrogens with one attached hydrogen (secondary N) is 1. The van der Waals surface area contributed by atoms with Crippen LogP contribution in [0, 0.1) is 0 Å². The summed E-state index contributed by atoms with van der Waals surface area (Å²) in [4.78, 5) is 11.7. The Morgan fingerprint density at radius 3 is 2.71 bits per heavy atom. The Labute approximate surface area is 139 Å². The number of aromatic hydroxyl groups is 1. The molecule has 0 aromatic heterocycles. The quantitative estimate of drug-likeness (QED) is 0.560. The molecule has 0 radical (unpaired) electrons. The predicted molar refractivity (Wildman–Crippen MR) is 93.3 cm³/mol. The Morgan fingerprint density at radius 2 is 1.88 bits per heavy atom. The van der Waals surface area contributed by atoms with Gasteiger partial charge < -0.3 is 9.84 Å². The van der Waals surface area contributed by atoms with Gasteiger partial charge in [0.25, 0.3) is 5.91 Å². The number of carbonyl (C=O) groups is 1. The SMILES string of the molecule is O=C(COc1ccc2ccccc2c1)NN=Cc1cccc(O)c1. The van der Waals surface area contributed by atoms with Crippen LogP contribution >= 0.6 is 0 Å². The number of hydrogen-bond acceptors (Lipinski definition) is 4. The first kappa shape index (κ1) is 15.6. The lowest BCUT2D eigenvalue weighted by atomic mass is 10.1. The lowest BCUT2D eigenvalue weighted by Gasteiger charge is -2.06. The summed E-state index contributed by atoms with van der Waals surface area (Å²) in [6.45, 7) is -0.129. The third-order valence-corrected chi connectivity index (χ3v) is 3.36. The minimum absolute atomic E-state index is 0.129. The van der Waals surface area contributed by atoms with Crippen LogP contribution in [0.2, 0.25) is 0 Å². The molecule has 24 heavy (non-hydrogen) atoms. The molecule has 0 aliphatic carbocycles. The average molecular weight is 320 g/mol. The van der Waals surface area contributed by atoms with Gasteiger partial charge in [0.15, 0.2) is 6.61 Å². The van der Waals surface area contributed by atoms with Gasteiger partial charge in [0.2, 0.25) is 0 Å². The molecule has 3 rings (SSSR count). The molecule has 1 amide bonds. The summed E-state index contributed by atoms with van der Waals surface area (Å²) in [6.07, 6.45) is 1.45. The maximum atomic E-state index is 11.7. The topological polar surface area (TPSA) is 70.9 Å². The summed E-state index contributed by atoms with van der Waals surface area (Å²) in [5.74, 6) is 0.408. The van der Waals surface area contributed by atoms with E-state index in [0.29, 0.717) is 11.3 Å². The standard InChI is InChI=1S/C19H16N2O3/c22-17-7-3-4-14(10-17)12-20-21-19(23)13-24-18-9-8-15-5-1-2-6-16(15)11-18/h1-12,22H,13H2,(H,21,23). The van der Waals surface area contributed by atoms with E-state index in [4.69, 9.17) is 4.74 Å². The summed E-state index contributed by atoms with van der Waals surface area (Å²) in [5.41, 5.74) is 3.07. The lowest BCUT2D eigenvalue weighted by Crippen LogP contribution is -2.24. The predicted octanol–water partition coefficient (Wildman–Crippen LogP) is 3.07. The number of hydrazone groups is 1.